The zero-order valence-corrected chi connectivity index (χ0v) is 15.3. The number of pyridine rings is 1. The average molecular weight is 400 g/mol. The Balaban J connectivity index is 1.57. The van der Waals surface area contributed by atoms with E-state index in [-0.39, 0.29) is 10.7 Å². The summed E-state index contributed by atoms with van der Waals surface area (Å²) in [6, 6.07) is 11.1. The van der Waals surface area contributed by atoms with Gasteiger partial charge in [0.05, 0.1) is 22.2 Å². The van der Waals surface area contributed by atoms with Gasteiger partial charge in [-0.05, 0) is 42.5 Å². The first-order valence-corrected chi connectivity index (χ1v) is 9.99. The molecule has 1 amide bonds. The molecule has 1 aromatic carbocycles. The van der Waals surface area contributed by atoms with Crippen molar-refractivity contribution in [2.45, 2.75) is 4.90 Å². The molecule has 0 aliphatic heterocycles. The van der Waals surface area contributed by atoms with Crippen LogP contribution < -0.4 is 10.0 Å². The highest BCUT2D eigenvalue weighted by atomic mass is 32.2. The van der Waals surface area contributed by atoms with Crippen LogP contribution in [0.15, 0.2) is 70.4 Å². The zero-order chi connectivity index (χ0) is 18.9. The Hall–Kier alpha value is -3.24. The third-order valence-corrected chi connectivity index (χ3v) is 5.85. The van der Waals surface area contributed by atoms with Crippen molar-refractivity contribution in [2.75, 3.05) is 10.0 Å². The molecule has 0 bridgehead atoms. The summed E-state index contributed by atoms with van der Waals surface area (Å²) in [4.78, 5) is 20.2. The number of carbonyl (C=O) groups is 1. The van der Waals surface area contributed by atoms with Gasteiger partial charge in [-0.3, -0.25) is 19.8 Å². The Morgan fingerprint density at radius 3 is 2.78 bits per heavy atom. The molecule has 0 fully saturated rings. The van der Waals surface area contributed by atoms with Gasteiger partial charge < -0.3 is 4.42 Å². The molecule has 3 heterocycles. The number of hydrogen-bond acceptors (Lipinski definition) is 7. The lowest BCUT2D eigenvalue weighted by Crippen LogP contribution is -2.12. The Bertz CT molecular complexity index is 1200. The third kappa shape index (κ3) is 3.66. The van der Waals surface area contributed by atoms with E-state index in [1.807, 2.05) is 0 Å². The number of aromatic nitrogens is 2. The van der Waals surface area contributed by atoms with E-state index in [0.29, 0.717) is 16.3 Å². The summed E-state index contributed by atoms with van der Waals surface area (Å²) in [6.45, 7) is 0. The number of nitrogens with one attached hydrogen (secondary N) is 2. The lowest BCUT2D eigenvalue weighted by Gasteiger charge is -2.07. The molecule has 10 heteroatoms. The minimum atomic E-state index is -3.73. The summed E-state index contributed by atoms with van der Waals surface area (Å²) >= 11 is 1.23. The Morgan fingerprint density at radius 1 is 1.15 bits per heavy atom. The van der Waals surface area contributed by atoms with Gasteiger partial charge in [0.2, 0.25) is 0 Å². The van der Waals surface area contributed by atoms with E-state index in [4.69, 9.17) is 4.42 Å². The average Bonchev–Trinajstić information content (AvgIpc) is 3.31. The standard InChI is InChI=1S/C17H12N4O4S2/c22-16(14-4-2-8-25-14)20-17-19-13-6-5-11(9-15(13)26-17)21-27(23,24)12-3-1-7-18-10-12/h1-10,21H,(H,19,20,22). The number of nitrogens with zero attached hydrogens (tertiary/aromatic N) is 2. The molecular weight excluding hydrogens is 388 g/mol. The molecule has 0 saturated carbocycles. The lowest BCUT2D eigenvalue weighted by atomic mass is 10.3. The van der Waals surface area contributed by atoms with E-state index in [2.05, 4.69) is 20.0 Å². The van der Waals surface area contributed by atoms with Crippen molar-refractivity contribution in [1.29, 1.82) is 0 Å². The van der Waals surface area contributed by atoms with Crippen LogP contribution in [0.2, 0.25) is 0 Å². The molecule has 0 unspecified atom stereocenters. The Labute approximate surface area is 157 Å². The van der Waals surface area contributed by atoms with E-state index >= 15 is 0 Å². The maximum absolute atomic E-state index is 12.4. The number of anilines is 2. The smallest absolute Gasteiger partial charge is 0.293 e. The first-order valence-electron chi connectivity index (χ1n) is 7.69. The van der Waals surface area contributed by atoms with Gasteiger partial charge in [0.15, 0.2) is 10.9 Å². The van der Waals surface area contributed by atoms with Gasteiger partial charge in [-0.15, -0.1) is 0 Å². The molecular formula is C17H12N4O4S2. The van der Waals surface area contributed by atoms with Crippen molar-refractivity contribution in [3.8, 4) is 0 Å². The molecule has 0 saturated heterocycles. The highest BCUT2D eigenvalue weighted by molar-refractivity contribution is 7.92. The Morgan fingerprint density at radius 2 is 2.04 bits per heavy atom. The predicted molar refractivity (Wildman–Crippen MR) is 101 cm³/mol. The summed E-state index contributed by atoms with van der Waals surface area (Å²) in [5, 5.41) is 3.04. The minimum absolute atomic E-state index is 0.0702. The van der Waals surface area contributed by atoms with Crippen LogP contribution in [0.4, 0.5) is 10.8 Å². The largest absolute Gasteiger partial charge is 0.459 e. The summed E-state index contributed by atoms with van der Waals surface area (Å²) < 4.78 is 33.0. The van der Waals surface area contributed by atoms with Gasteiger partial charge in [-0.1, -0.05) is 11.3 Å². The topological polar surface area (TPSA) is 114 Å². The first-order chi connectivity index (χ1) is 13.0. The van der Waals surface area contributed by atoms with E-state index in [1.165, 1.54) is 36.1 Å². The number of thiazole rings is 1. The van der Waals surface area contributed by atoms with Gasteiger partial charge in [0.1, 0.15) is 4.90 Å². The van der Waals surface area contributed by atoms with Crippen molar-refractivity contribution in [2.24, 2.45) is 0 Å². The summed E-state index contributed by atoms with van der Waals surface area (Å²) in [5.74, 6) is -0.226. The van der Waals surface area contributed by atoms with E-state index in [0.717, 1.165) is 4.70 Å². The molecule has 2 N–H and O–H groups in total. The summed E-state index contributed by atoms with van der Waals surface area (Å²) in [6.07, 6.45) is 4.19. The van der Waals surface area contributed by atoms with E-state index in [1.54, 1.807) is 36.4 Å². The van der Waals surface area contributed by atoms with Gasteiger partial charge in [0, 0.05) is 12.4 Å². The van der Waals surface area contributed by atoms with Gasteiger partial charge in [0.25, 0.3) is 15.9 Å². The predicted octanol–water partition coefficient (Wildman–Crippen LogP) is 3.34. The molecule has 0 spiro atoms. The molecule has 0 radical (unpaired) electrons. The van der Waals surface area contributed by atoms with Crippen LogP contribution in [-0.4, -0.2) is 24.3 Å². The van der Waals surface area contributed by atoms with E-state index in [9.17, 15) is 13.2 Å². The number of fused-ring (bicyclic) bond motifs is 1. The number of carbonyl (C=O) groups excluding carboxylic acids is 1. The number of amides is 1. The third-order valence-electron chi connectivity index (χ3n) is 3.55. The SMILES string of the molecule is O=C(Nc1nc2ccc(NS(=O)(=O)c3cccnc3)cc2s1)c1ccco1. The molecule has 4 rings (SSSR count). The minimum Gasteiger partial charge on any atom is -0.459 e. The number of benzene rings is 1. The van der Waals surface area contributed by atoms with Crippen molar-refractivity contribution in [3.63, 3.8) is 0 Å². The fourth-order valence-corrected chi connectivity index (χ4v) is 4.24. The van der Waals surface area contributed by atoms with Crippen LogP contribution in [0.5, 0.6) is 0 Å². The fourth-order valence-electron chi connectivity index (χ4n) is 2.33. The second kappa shape index (κ2) is 6.82. The highest BCUT2D eigenvalue weighted by Crippen LogP contribution is 2.29. The van der Waals surface area contributed by atoms with Gasteiger partial charge in [-0.2, -0.15) is 0 Å². The number of rotatable bonds is 5. The fraction of sp³-hybridized carbons (Fsp3) is 0. The van der Waals surface area contributed by atoms with Crippen LogP contribution in [0.3, 0.4) is 0 Å². The van der Waals surface area contributed by atoms with Crippen molar-refractivity contribution >= 4 is 48.3 Å². The van der Waals surface area contributed by atoms with Crippen molar-refractivity contribution in [3.05, 3.63) is 66.9 Å². The van der Waals surface area contributed by atoms with Gasteiger partial charge >= 0.3 is 0 Å². The number of hydrogen-bond donors (Lipinski definition) is 2. The second-order valence-electron chi connectivity index (χ2n) is 5.43. The normalized spacial score (nSPS) is 11.4. The summed E-state index contributed by atoms with van der Waals surface area (Å²) in [5.41, 5.74) is 1.03. The molecule has 136 valence electrons. The first kappa shape index (κ1) is 17.2. The van der Waals surface area contributed by atoms with Gasteiger partial charge in [-0.25, -0.2) is 13.4 Å². The lowest BCUT2D eigenvalue weighted by molar-refractivity contribution is 0.0996. The number of sulfonamides is 1. The van der Waals surface area contributed by atoms with Crippen molar-refractivity contribution < 1.29 is 17.6 Å². The second-order valence-corrected chi connectivity index (χ2v) is 8.14. The molecule has 0 aliphatic carbocycles. The van der Waals surface area contributed by atoms with Crippen LogP contribution >= 0.6 is 11.3 Å². The van der Waals surface area contributed by atoms with E-state index < -0.39 is 15.9 Å². The Kier molecular flexibility index (Phi) is 4.34. The molecule has 0 atom stereocenters. The molecule has 27 heavy (non-hydrogen) atoms. The molecule has 3 aromatic heterocycles. The van der Waals surface area contributed by atoms with Crippen LogP contribution in [0.1, 0.15) is 10.6 Å². The van der Waals surface area contributed by atoms with Crippen LogP contribution in [0, 0.1) is 0 Å². The maximum atomic E-state index is 12.4. The summed E-state index contributed by atoms with van der Waals surface area (Å²) in [7, 11) is -3.73. The molecule has 4 aromatic rings. The monoisotopic (exact) mass is 400 g/mol. The van der Waals surface area contributed by atoms with Crippen molar-refractivity contribution in [1.82, 2.24) is 9.97 Å². The quantitative estimate of drug-likeness (QED) is 0.531. The zero-order valence-electron chi connectivity index (χ0n) is 13.6. The molecule has 8 nitrogen and oxygen atoms in total. The van der Waals surface area contributed by atoms with Crippen LogP contribution in [0.25, 0.3) is 10.2 Å². The number of furan rings is 1. The van der Waals surface area contributed by atoms with Crippen LogP contribution in [-0.2, 0) is 10.0 Å². The highest BCUT2D eigenvalue weighted by Gasteiger charge is 2.16. The molecule has 0 aliphatic rings. The maximum Gasteiger partial charge on any atom is 0.293 e.